The van der Waals surface area contributed by atoms with Gasteiger partial charge in [-0.3, -0.25) is 0 Å². The van der Waals surface area contributed by atoms with Crippen molar-refractivity contribution >= 4 is 5.69 Å². The quantitative estimate of drug-likeness (QED) is 0.759. The van der Waals surface area contributed by atoms with Crippen LogP contribution in [-0.2, 0) is 0 Å². The van der Waals surface area contributed by atoms with Gasteiger partial charge in [-0.1, -0.05) is 31.0 Å². The van der Waals surface area contributed by atoms with Crippen LogP contribution >= 0.6 is 0 Å². The molecule has 0 bridgehead atoms. The van der Waals surface area contributed by atoms with Crippen LogP contribution in [0.3, 0.4) is 0 Å². The van der Waals surface area contributed by atoms with Crippen molar-refractivity contribution < 1.29 is 0 Å². The molecule has 0 saturated heterocycles. The van der Waals surface area contributed by atoms with E-state index in [0.717, 1.165) is 12.5 Å². The lowest BCUT2D eigenvalue weighted by Crippen LogP contribution is -2.38. The van der Waals surface area contributed by atoms with Gasteiger partial charge in [0.15, 0.2) is 0 Å². The smallest absolute Gasteiger partial charge is 0.0519 e. The normalized spacial score (nSPS) is 16.9. The predicted octanol–water partition coefficient (Wildman–Crippen LogP) is 2.82. The Kier molecular flexibility index (Phi) is 3.62. The molecule has 15 heavy (non-hydrogen) atoms. The molecule has 0 spiro atoms. The number of benzene rings is 1. The summed E-state index contributed by atoms with van der Waals surface area (Å²) in [6.45, 7) is 1.14. The fourth-order valence-electron chi connectivity index (χ4n) is 2.38. The van der Waals surface area contributed by atoms with Gasteiger partial charge >= 0.3 is 0 Å². The highest BCUT2D eigenvalue weighted by molar-refractivity contribution is 5.44. The highest BCUT2D eigenvalue weighted by atomic mass is 15.5. The summed E-state index contributed by atoms with van der Waals surface area (Å²) in [6.07, 6.45) is 5.62. The van der Waals surface area contributed by atoms with Crippen molar-refractivity contribution in [3.05, 3.63) is 30.3 Å². The minimum absolute atomic E-state index is 0.873. The Morgan fingerprint density at radius 1 is 1.20 bits per heavy atom. The largest absolute Gasteiger partial charge is 0.308 e. The first-order chi connectivity index (χ1) is 7.40. The van der Waals surface area contributed by atoms with E-state index in [0.29, 0.717) is 0 Å². The highest BCUT2D eigenvalue weighted by Gasteiger charge is 2.17. The fourth-order valence-corrected chi connectivity index (χ4v) is 2.38. The summed E-state index contributed by atoms with van der Waals surface area (Å²) in [7, 11) is 2.00. The van der Waals surface area contributed by atoms with Crippen LogP contribution < -0.4 is 10.4 Å². The third kappa shape index (κ3) is 2.72. The molecule has 1 aromatic carbocycles. The summed E-state index contributed by atoms with van der Waals surface area (Å²) in [4.78, 5) is 0. The molecule has 82 valence electrons. The number of rotatable bonds is 4. The topological polar surface area (TPSA) is 15.3 Å². The second-order valence-corrected chi connectivity index (χ2v) is 4.32. The molecule has 2 rings (SSSR count). The Bertz CT molecular complexity index is 278. The van der Waals surface area contributed by atoms with Crippen LogP contribution in [0.2, 0.25) is 0 Å². The van der Waals surface area contributed by atoms with Gasteiger partial charge in [-0.05, 0) is 30.9 Å². The molecule has 0 unspecified atom stereocenters. The Morgan fingerprint density at radius 2 is 1.87 bits per heavy atom. The molecule has 0 aromatic heterocycles. The summed E-state index contributed by atoms with van der Waals surface area (Å²) in [5, 5.41) is 2.26. The maximum Gasteiger partial charge on any atom is 0.0519 e. The van der Waals surface area contributed by atoms with E-state index in [1.807, 2.05) is 7.05 Å². The second kappa shape index (κ2) is 5.17. The number of hydrazine groups is 1. The number of para-hydroxylation sites is 1. The highest BCUT2D eigenvalue weighted by Crippen LogP contribution is 2.26. The van der Waals surface area contributed by atoms with E-state index in [1.54, 1.807) is 0 Å². The van der Waals surface area contributed by atoms with Gasteiger partial charge in [0.25, 0.3) is 0 Å². The summed E-state index contributed by atoms with van der Waals surface area (Å²) < 4.78 is 0. The van der Waals surface area contributed by atoms with Crippen molar-refractivity contribution in [2.75, 3.05) is 18.6 Å². The first-order valence-corrected chi connectivity index (χ1v) is 5.90. The van der Waals surface area contributed by atoms with E-state index in [-0.39, 0.29) is 0 Å². The average Bonchev–Trinajstić information content (AvgIpc) is 2.80. The maximum absolute atomic E-state index is 3.28. The third-order valence-electron chi connectivity index (χ3n) is 3.25. The van der Waals surface area contributed by atoms with Crippen molar-refractivity contribution in [2.45, 2.75) is 25.7 Å². The van der Waals surface area contributed by atoms with Crippen molar-refractivity contribution in [3.8, 4) is 0 Å². The van der Waals surface area contributed by atoms with Crippen molar-refractivity contribution in [1.29, 1.82) is 0 Å². The summed E-state index contributed by atoms with van der Waals surface area (Å²) in [5.74, 6) is 0.873. The standard InChI is InChI=1S/C13H20N2/c1-14-15(11-12-7-5-6-8-12)13-9-3-2-4-10-13/h2-4,9-10,12,14H,5-8,11H2,1H3. The molecule has 1 aliphatic rings. The van der Waals surface area contributed by atoms with Crippen molar-refractivity contribution in [3.63, 3.8) is 0 Å². The van der Waals surface area contributed by atoms with E-state index in [1.165, 1.54) is 31.4 Å². The van der Waals surface area contributed by atoms with E-state index in [4.69, 9.17) is 0 Å². The van der Waals surface area contributed by atoms with E-state index in [9.17, 15) is 0 Å². The molecule has 1 aromatic rings. The molecule has 1 fully saturated rings. The molecule has 1 aliphatic carbocycles. The van der Waals surface area contributed by atoms with Gasteiger partial charge in [-0.2, -0.15) is 0 Å². The Balaban J connectivity index is 1.97. The van der Waals surface area contributed by atoms with Crippen molar-refractivity contribution in [2.24, 2.45) is 5.92 Å². The molecule has 0 atom stereocenters. The molecule has 0 amide bonds. The number of hydrogen-bond donors (Lipinski definition) is 1. The zero-order valence-corrected chi connectivity index (χ0v) is 9.45. The minimum atomic E-state index is 0.873. The van der Waals surface area contributed by atoms with Crippen LogP contribution in [0.15, 0.2) is 30.3 Å². The molecule has 2 heteroatoms. The third-order valence-corrected chi connectivity index (χ3v) is 3.25. The Morgan fingerprint density at radius 3 is 2.47 bits per heavy atom. The van der Waals surface area contributed by atoms with E-state index in [2.05, 4.69) is 40.8 Å². The van der Waals surface area contributed by atoms with Crippen LogP contribution in [0, 0.1) is 5.92 Å². The zero-order valence-electron chi connectivity index (χ0n) is 9.45. The molecule has 1 N–H and O–H groups in total. The monoisotopic (exact) mass is 204 g/mol. The first-order valence-electron chi connectivity index (χ1n) is 5.90. The minimum Gasteiger partial charge on any atom is -0.308 e. The molecule has 2 nitrogen and oxygen atoms in total. The second-order valence-electron chi connectivity index (χ2n) is 4.32. The van der Waals surface area contributed by atoms with Gasteiger partial charge < -0.3 is 5.01 Å². The summed E-state index contributed by atoms with van der Waals surface area (Å²) in [5.41, 5.74) is 4.55. The fraction of sp³-hybridized carbons (Fsp3) is 0.538. The molecular weight excluding hydrogens is 184 g/mol. The summed E-state index contributed by atoms with van der Waals surface area (Å²) >= 11 is 0. The van der Waals surface area contributed by atoms with E-state index < -0.39 is 0 Å². The van der Waals surface area contributed by atoms with Crippen LogP contribution in [0.5, 0.6) is 0 Å². The van der Waals surface area contributed by atoms with Gasteiger partial charge in [0, 0.05) is 13.6 Å². The molecule has 0 aliphatic heterocycles. The Hall–Kier alpha value is -1.02. The van der Waals surface area contributed by atoms with Crippen LogP contribution in [0.25, 0.3) is 0 Å². The number of nitrogens with zero attached hydrogens (tertiary/aromatic N) is 1. The van der Waals surface area contributed by atoms with Crippen LogP contribution in [0.4, 0.5) is 5.69 Å². The van der Waals surface area contributed by atoms with Crippen molar-refractivity contribution in [1.82, 2.24) is 5.43 Å². The SMILES string of the molecule is CNN(CC1CCCC1)c1ccccc1. The maximum atomic E-state index is 3.28. The Labute approximate surface area is 92.3 Å². The van der Waals surface area contributed by atoms with E-state index >= 15 is 0 Å². The van der Waals surface area contributed by atoms with Gasteiger partial charge in [-0.25, -0.2) is 5.43 Å². The number of nitrogens with one attached hydrogen (secondary N) is 1. The lowest BCUT2D eigenvalue weighted by molar-refractivity contribution is 0.509. The van der Waals surface area contributed by atoms with Crippen LogP contribution in [-0.4, -0.2) is 13.6 Å². The van der Waals surface area contributed by atoms with Crippen LogP contribution in [0.1, 0.15) is 25.7 Å². The predicted molar refractivity (Wildman–Crippen MR) is 64.8 cm³/mol. The number of hydrogen-bond acceptors (Lipinski definition) is 2. The van der Waals surface area contributed by atoms with Gasteiger partial charge in [0.05, 0.1) is 5.69 Å². The first kappa shape index (κ1) is 10.5. The summed E-state index contributed by atoms with van der Waals surface area (Å²) in [6, 6.07) is 10.6. The molecule has 0 heterocycles. The van der Waals surface area contributed by atoms with Gasteiger partial charge in [0.2, 0.25) is 0 Å². The van der Waals surface area contributed by atoms with Gasteiger partial charge in [-0.15, -0.1) is 0 Å². The molecular formula is C13H20N2. The number of anilines is 1. The van der Waals surface area contributed by atoms with Gasteiger partial charge in [0.1, 0.15) is 0 Å². The lowest BCUT2D eigenvalue weighted by Gasteiger charge is -2.26. The lowest BCUT2D eigenvalue weighted by atomic mass is 10.1. The average molecular weight is 204 g/mol. The molecule has 0 radical (unpaired) electrons. The molecule has 1 saturated carbocycles. The zero-order chi connectivity index (χ0) is 10.5.